The maximum atomic E-state index is 12.4. The first kappa shape index (κ1) is 22.6. The van der Waals surface area contributed by atoms with Crippen molar-refractivity contribution >= 4 is 29.2 Å². The van der Waals surface area contributed by atoms with Crippen molar-refractivity contribution in [2.24, 2.45) is 0 Å². The Morgan fingerprint density at radius 2 is 1.73 bits per heavy atom. The number of H-pyrrole nitrogens is 1. The number of aromatic amines is 1. The number of esters is 2. The highest BCUT2D eigenvalue weighted by Crippen LogP contribution is 2.30. The van der Waals surface area contributed by atoms with Gasteiger partial charge < -0.3 is 19.8 Å². The SMILES string of the molecule is CCOC(=O)c1c(C)[nH]c(C(=O)OCC(=O)Nc2c([N+](=O)[O-])ccc(C)c2C)c1C. The molecular weight excluding hydrogens is 394 g/mol. The van der Waals surface area contributed by atoms with Gasteiger partial charge in [0.25, 0.3) is 11.6 Å². The van der Waals surface area contributed by atoms with Crippen molar-refractivity contribution in [3.8, 4) is 0 Å². The van der Waals surface area contributed by atoms with Crippen molar-refractivity contribution in [2.75, 3.05) is 18.5 Å². The fourth-order valence-electron chi connectivity index (χ4n) is 2.95. The first-order valence-corrected chi connectivity index (χ1v) is 9.16. The van der Waals surface area contributed by atoms with Gasteiger partial charge in [0.1, 0.15) is 11.4 Å². The molecule has 0 aliphatic rings. The molecule has 160 valence electrons. The number of carbonyl (C=O) groups excluding carboxylic acids is 3. The van der Waals surface area contributed by atoms with E-state index in [-0.39, 0.29) is 29.2 Å². The van der Waals surface area contributed by atoms with Gasteiger partial charge in [-0.3, -0.25) is 14.9 Å². The number of nitrogens with one attached hydrogen (secondary N) is 2. The van der Waals surface area contributed by atoms with Crippen molar-refractivity contribution < 1.29 is 28.8 Å². The lowest BCUT2D eigenvalue weighted by molar-refractivity contribution is -0.384. The summed E-state index contributed by atoms with van der Waals surface area (Å²) in [5.74, 6) is -2.13. The third kappa shape index (κ3) is 4.65. The Kier molecular flexibility index (Phi) is 6.93. The van der Waals surface area contributed by atoms with Crippen molar-refractivity contribution in [3.63, 3.8) is 0 Å². The van der Waals surface area contributed by atoms with Crippen LogP contribution in [0.1, 0.15) is 50.2 Å². The fraction of sp³-hybridized carbons (Fsp3) is 0.350. The quantitative estimate of drug-likeness (QED) is 0.400. The van der Waals surface area contributed by atoms with Gasteiger partial charge in [-0.25, -0.2) is 9.59 Å². The zero-order valence-electron chi connectivity index (χ0n) is 17.4. The summed E-state index contributed by atoms with van der Waals surface area (Å²) in [4.78, 5) is 50.0. The van der Waals surface area contributed by atoms with Gasteiger partial charge >= 0.3 is 11.9 Å². The summed E-state index contributed by atoms with van der Waals surface area (Å²) < 4.78 is 9.99. The molecule has 1 aromatic heterocycles. The van der Waals surface area contributed by atoms with Crippen LogP contribution in [0.25, 0.3) is 0 Å². The van der Waals surface area contributed by atoms with Crippen LogP contribution in [-0.2, 0) is 14.3 Å². The molecule has 0 atom stereocenters. The van der Waals surface area contributed by atoms with E-state index in [0.29, 0.717) is 16.8 Å². The van der Waals surface area contributed by atoms with Gasteiger partial charge in [-0.05, 0) is 51.3 Å². The van der Waals surface area contributed by atoms with E-state index >= 15 is 0 Å². The zero-order chi connectivity index (χ0) is 22.6. The average Bonchev–Trinajstić information content (AvgIpc) is 2.97. The molecule has 1 aromatic carbocycles. The van der Waals surface area contributed by atoms with Crippen LogP contribution in [0.5, 0.6) is 0 Å². The van der Waals surface area contributed by atoms with Gasteiger partial charge in [0.15, 0.2) is 6.61 Å². The van der Waals surface area contributed by atoms with Gasteiger partial charge in [0.05, 0.1) is 17.1 Å². The number of hydrogen-bond donors (Lipinski definition) is 2. The topological polar surface area (TPSA) is 141 Å². The molecule has 0 fully saturated rings. The molecule has 2 aromatic rings. The second-order valence-electron chi connectivity index (χ2n) is 6.63. The number of nitro groups is 1. The number of anilines is 1. The Balaban J connectivity index is 2.12. The number of rotatable bonds is 7. The van der Waals surface area contributed by atoms with Crippen molar-refractivity contribution in [1.29, 1.82) is 0 Å². The van der Waals surface area contributed by atoms with E-state index in [1.54, 1.807) is 40.7 Å². The second kappa shape index (κ2) is 9.21. The Morgan fingerprint density at radius 1 is 1.07 bits per heavy atom. The van der Waals surface area contributed by atoms with Gasteiger partial charge in [0, 0.05) is 11.8 Å². The molecule has 2 N–H and O–H groups in total. The van der Waals surface area contributed by atoms with Gasteiger partial charge in [0.2, 0.25) is 0 Å². The van der Waals surface area contributed by atoms with Gasteiger partial charge in [-0.15, -0.1) is 0 Å². The Labute approximate surface area is 172 Å². The third-order valence-electron chi connectivity index (χ3n) is 4.63. The van der Waals surface area contributed by atoms with E-state index in [0.717, 1.165) is 5.56 Å². The van der Waals surface area contributed by atoms with Crippen LogP contribution in [0.4, 0.5) is 11.4 Å². The average molecular weight is 417 g/mol. The van der Waals surface area contributed by atoms with E-state index in [1.807, 2.05) is 0 Å². The number of nitrogens with zero attached hydrogens (tertiary/aromatic N) is 1. The summed E-state index contributed by atoms with van der Waals surface area (Å²) in [6, 6.07) is 2.88. The molecule has 1 heterocycles. The van der Waals surface area contributed by atoms with Crippen molar-refractivity contribution in [3.05, 3.63) is 55.9 Å². The normalized spacial score (nSPS) is 10.4. The molecule has 0 aliphatic heterocycles. The van der Waals surface area contributed by atoms with Crippen LogP contribution in [0, 0.1) is 37.8 Å². The standard InChI is InChI=1S/C20H23N3O7/c1-6-29-19(25)16-12(4)18(21-13(16)5)20(26)30-9-15(24)22-17-11(3)10(2)7-8-14(17)23(27)28/h7-8,21H,6,9H2,1-5H3,(H,22,24). The van der Waals surface area contributed by atoms with E-state index in [9.17, 15) is 24.5 Å². The number of hydrogen-bond acceptors (Lipinski definition) is 7. The highest BCUT2D eigenvalue weighted by molar-refractivity contribution is 6.00. The highest BCUT2D eigenvalue weighted by Gasteiger charge is 2.25. The Morgan fingerprint density at radius 3 is 2.33 bits per heavy atom. The number of amides is 1. The Hall–Kier alpha value is -3.69. The maximum absolute atomic E-state index is 12.4. The summed E-state index contributed by atoms with van der Waals surface area (Å²) in [7, 11) is 0. The van der Waals surface area contributed by atoms with E-state index < -0.39 is 29.4 Å². The lowest BCUT2D eigenvalue weighted by Crippen LogP contribution is -2.22. The molecule has 0 saturated heterocycles. The fourth-order valence-corrected chi connectivity index (χ4v) is 2.95. The van der Waals surface area contributed by atoms with Crippen LogP contribution in [0.15, 0.2) is 12.1 Å². The first-order valence-electron chi connectivity index (χ1n) is 9.16. The summed E-state index contributed by atoms with van der Waals surface area (Å²) in [5, 5.41) is 13.6. The molecule has 0 spiro atoms. The smallest absolute Gasteiger partial charge is 0.355 e. The monoisotopic (exact) mass is 417 g/mol. The summed E-state index contributed by atoms with van der Waals surface area (Å²) in [5.41, 5.74) is 2.15. The number of nitro benzene ring substituents is 1. The first-order chi connectivity index (χ1) is 14.1. The third-order valence-corrected chi connectivity index (χ3v) is 4.63. The van der Waals surface area contributed by atoms with Gasteiger partial charge in [-0.1, -0.05) is 6.07 Å². The molecule has 2 rings (SSSR count). The predicted octanol–water partition coefficient (Wildman–Crippen LogP) is 3.13. The largest absolute Gasteiger partial charge is 0.462 e. The minimum absolute atomic E-state index is 0.0288. The lowest BCUT2D eigenvalue weighted by Gasteiger charge is -2.11. The lowest BCUT2D eigenvalue weighted by atomic mass is 10.1. The molecule has 1 amide bonds. The van der Waals surface area contributed by atoms with Crippen molar-refractivity contribution in [2.45, 2.75) is 34.6 Å². The number of benzene rings is 1. The molecule has 0 radical (unpaired) electrons. The van der Waals surface area contributed by atoms with Crippen LogP contribution in [-0.4, -0.2) is 41.0 Å². The summed E-state index contributed by atoms with van der Waals surface area (Å²) >= 11 is 0. The summed E-state index contributed by atoms with van der Waals surface area (Å²) in [6.45, 7) is 7.78. The van der Waals surface area contributed by atoms with Crippen LogP contribution in [0.2, 0.25) is 0 Å². The van der Waals surface area contributed by atoms with Gasteiger partial charge in [-0.2, -0.15) is 0 Å². The predicted molar refractivity (Wildman–Crippen MR) is 108 cm³/mol. The second-order valence-corrected chi connectivity index (χ2v) is 6.63. The molecular formula is C20H23N3O7. The molecule has 30 heavy (non-hydrogen) atoms. The zero-order valence-corrected chi connectivity index (χ0v) is 17.4. The highest BCUT2D eigenvalue weighted by atomic mass is 16.6. The Bertz CT molecular complexity index is 1020. The molecule has 0 aliphatic carbocycles. The van der Waals surface area contributed by atoms with Crippen LogP contribution >= 0.6 is 0 Å². The molecule has 10 nitrogen and oxygen atoms in total. The van der Waals surface area contributed by atoms with Crippen LogP contribution < -0.4 is 5.32 Å². The number of ether oxygens (including phenoxy) is 2. The van der Waals surface area contributed by atoms with Crippen LogP contribution in [0.3, 0.4) is 0 Å². The van der Waals surface area contributed by atoms with E-state index in [1.165, 1.54) is 6.07 Å². The molecule has 0 unspecified atom stereocenters. The maximum Gasteiger partial charge on any atom is 0.355 e. The number of aryl methyl sites for hydroxylation is 2. The molecule has 0 saturated carbocycles. The number of aromatic nitrogens is 1. The molecule has 10 heteroatoms. The minimum Gasteiger partial charge on any atom is -0.462 e. The number of carbonyl (C=O) groups is 3. The summed E-state index contributed by atoms with van der Waals surface area (Å²) in [6.07, 6.45) is 0. The van der Waals surface area contributed by atoms with E-state index in [2.05, 4.69) is 10.3 Å². The molecule has 0 bridgehead atoms. The van der Waals surface area contributed by atoms with Crippen molar-refractivity contribution in [1.82, 2.24) is 4.98 Å². The minimum atomic E-state index is -0.836. The van der Waals surface area contributed by atoms with E-state index in [4.69, 9.17) is 9.47 Å².